The Morgan fingerprint density at radius 1 is 1.05 bits per heavy atom. The SMILES string of the molecule is CCOc1cc(/C=C(\C#N)C(=O)Nc2cccc([N+](=O)[O-])c2)c(Br)cc1OCc1cccc2ccccc12. The number of nitrogens with one attached hydrogen (secondary N) is 1. The summed E-state index contributed by atoms with van der Waals surface area (Å²) in [4.78, 5) is 23.2. The van der Waals surface area contributed by atoms with E-state index in [0.29, 0.717) is 34.7 Å². The minimum absolute atomic E-state index is 0.173. The zero-order valence-electron chi connectivity index (χ0n) is 20.3. The number of nitro benzene ring substituents is 1. The molecule has 0 spiro atoms. The Kier molecular flexibility index (Phi) is 8.36. The van der Waals surface area contributed by atoms with Crippen LogP contribution in [0.2, 0.25) is 0 Å². The van der Waals surface area contributed by atoms with Crippen LogP contribution < -0.4 is 14.8 Å². The second-order valence-electron chi connectivity index (χ2n) is 8.11. The van der Waals surface area contributed by atoms with Crippen molar-refractivity contribution >= 4 is 50.1 Å². The molecule has 38 heavy (non-hydrogen) atoms. The van der Waals surface area contributed by atoms with Gasteiger partial charge in [-0.1, -0.05) is 64.5 Å². The molecule has 0 radical (unpaired) electrons. The molecule has 8 nitrogen and oxygen atoms in total. The van der Waals surface area contributed by atoms with Gasteiger partial charge in [-0.25, -0.2) is 0 Å². The highest BCUT2D eigenvalue weighted by molar-refractivity contribution is 9.10. The van der Waals surface area contributed by atoms with E-state index in [1.165, 1.54) is 30.3 Å². The van der Waals surface area contributed by atoms with Gasteiger partial charge in [-0.2, -0.15) is 5.26 Å². The third-order valence-corrected chi connectivity index (χ3v) is 6.29. The molecule has 0 saturated carbocycles. The fraction of sp³-hybridized carbons (Fsp3) is 0.103. The van der Waals surface area contributed by atoms with E-state index in [2.05, 4.69) is 21.2 Å². The molecule has 0 bridgehead atoms. The van der Waals surface area contributed by atoms with E-state index in [9.17, 15) is 20.2 Å². The lowest BCUT2D eigenvalue weighted by Gasteiger charge is -2.15. The lowest BCUT2D eigenvalue weighted by atomic mass is 10.1. The van der Waals surface area contributed by atoms with E-state index in [0.717, 1.165) is 16.3 Å². The number of carbonyl (C=O) groups is 1. The number of amides is 1. The summed E-state index contributed by atoms with van der Waals surface area (Å²) >= 11 is 3.50. The van der Waals surface area contributed by atoms with E-state index in [1.807, 2.05) is 55.5 Å². The molecule has 0 aliphatic rings. The number of anilines is 1. The maximum atomic E-state index is 12.7. The average molecular weight is 572 g/mol. The predicted octanol–water partition coefficient (Wildman–Crippen LogP) is 7.03. The van der Waals surface area contributed by atoms with E-state index >= 15 is 0 Å². The molecule has 0 aromatic heterocycles. The van der Waals surface area contributed by atoms with E-state index in [1.54, 1.807) is 12.1 Å². The van der Waals surface area contributed by atoms with Crippen molar-refractivity contribution in [1.29, 1.82) is 5.26 Å². The lowest BCUT2D eigenvalue weighted by molar-refractivity contribution is -0.384. The number of nitrogens with zero attached hydrogens (tertiary/aromatic N) is 2. The highest BCUT2D eigenvalue weighted by Gasteiger charge is 2.16. The molecule has 4 aromatic carbocycles. The fourth-order valence-corrected chi connectivity index (χ4v) is 4.25. The number of benzene rings is 4. The number of fused-ring (bicyclic) bond motifs is 1. The normalized spacial score (nSPS) is 11.0. The van der Waals surface area contributed by atoms with Crippen molar-refractivity contribution in [3.8, 4) is 17.6 Å². The number of halogens is 1. The molecule has 0 heterocycles. The Labute approximate surface area is 227 Å². The van der Waals surface area contributed by atoms with Crippen molar-refractivity contribution in [3.05, 3.63) is 110 Å². The van der Waals surface area contributed by atoms with E-state index in [4.69, 9.17) is 9.47 Å². The van der Waals surface area contributed by atoms with Gasteiger partial charge in [-0.05, 0) is 53.1 Å². The quantitative estimate of drug-likeness (QED) is 0.0997. The van der Waals surface area contributed by atoms with Crippen LogP contribution in [0.15, 0.2) is 88.9 Å². The number of nitriles is 1. The van der Waals surface area contributed by atoms with Gasteiger partial charge in [-0.3, -0.25) is 14.9 Å². The standard InChI is InChI=1S/C29H22BrN3O5/c1-2-37-27-14-21(13-22(17-31)29(34)32-23-10-6-11-24(15-23)33(35)36)26(30)16-28(27)38-18-20-9-5-8-19-7-3-4-12-25(19)20/h3-16H,2,18H2,1H3,(H,32,34)/b22-13+. The van der Waals surface area contributed by atoms with Gasteiger partial charge in [0.25, 0.3) is 11.6 Å². The number of carbonyl (C=O) groups excluding carboxylic acids is 1. The molecule has 0 aliphatic heterocycles. The molecule has 0 aliphatic carbocycles. The highest BCUT2D eigenvalue weighted by atomic mass is 79.9. The second-order valence-corrected chi connectivity index (χ2v) is 8.97. The smallest absolute Gasteiger partial charge is 0.271 e. The summed E-state index contributed by atoms with van der Waals surface area (Å²) in [5.74, 6) is 0.260. The first-order valence-corrected chi connectivity index (χ1v) is 12.4. The van der Waals surface area contributed by atoms with Gasteiger partial charge in [-0.15, -0.1) is 0 Å². The van der Waals surface area contributed by atoms with Gasteiger partial charge in [0.05, 0.1) is 11.5 Å². The maximum Gasteiger partial charge on any atom is 0.271 e. The zero-order chi connectivity index (χ0) is 27.1. The topological polar surface area (TPSA) is 114 Å². The summed E-state index contributed by atoms with van der Waals surface area (Å²) < 4.78 is 12.5. The number of nitro groups is 1. The molecule has 4 aromatic rings. The van der Waals surface area contributed by atoms with Crippen molar-refractivity contribution in [2.75, 3.05) is 11.9 Å². The van der Waals surface area contributed by atoms with Gasteiger partial charge in [0, 0.05) is 22.3 Å². The fourth-order valence-electron chi connectivity index (χ4n) is 3.82. The molecule has 1 N–H and O–H groups in total. The predicted molar refractivity (Wildman–Crippen MR) is 149 cm³/mol. The number of non-ortho nitro benzene ring substituents is 1. The molecule has 0 fully saturated rings. The van der Waals surface area contributed by atoms with Crippen LogP contribution in [0.1, 0.15) is 18.1 Å². The molecule has 9 heteroatoms. The molecule has 0 saturated heterocycles. The lowest BCUT2D eigenvalue weighted by Crippen LogP contribution is -2.13. The highest BCUT2D eigenvalue weighted by Crippen LogP contribution is 2.36. The van der Waals surface area contributed by atoms with Crippen LogP contribution in [0.4, 0.5) is 11.4 Å². The number of hydrogen-bond donors (Lipinski definition) is 1. The minimum Gasteiger partial charge on any atom is -0.490 e. The van der Waals surface area contributed by atoms with Crippen molar-refractivity contribution in [2.45, 2.75) is 13.5 Å². The first-order chi connectivity index (χ1) is 18.4. The van der Waals surface area contributed by atoms with E-state index in [-0.39, 0.29) is 16.9 Å². The van der Waals surface area contributed by atoms with Crippen molar-refractivity contribution in [2.24, 2.45) is 0 Å². The van der Waals surface area contributed by atoms with Crippen molar-refractivity contribution in [1.82, 2.24) is 0 Å². The van der Waals surface area contributed by atoms with Gasteiger partial charge in [0.2, 0.25) is 0 Å². The average Bonchev–Trinajstić information content (AvgIpc) is 2.92. The van der Waals surface area contributed by atoms with Crippen molar-refractivity contribution < 1.29 is 19.2 Å². The monoisotopic (exact) mass is 571 g/mol. The summed E-state index contributed by atoms with van der Waals surface area (Å²) in [5, 5.41) is 25.4. The number of rotatable bonds is 9. The van der Waals surface area contributed by atoms with Crippen molar-refractivity contribution in [3.63, 3.8) is 0 Å². The van der Waals surface area contributed by atoms with Crippen LogP contribution in [-0.4, -0.2) is 17.4 Å². The Balaban J connectivity index is 1.58. The van der Waals surface area contributed by atoms with Crippen LogP contribution >= 0.6 is 15.9 Å². The summed E-state index contributed by atoms with van der Waals surface area (Å²) in [6, 6.07) is 24.9. The second kappa shape index (κ2) is 12.0. The Bertz CT molecular complexity index is 1590. The summed E-state index contributed by atoms with van der Waals surface area (Å²) in [5.41, 5.74) is 1.39. The third kappa shape index (κ3) is 6.17. The first kappa shape index (κ1) is 26.4. The van der Waals surface area contributed by atoms with Gasteiger partial charge >= 0.3 is 0 Å². The Morgan fingerprint density at radius 2 is 1.79 bits per heavy atom. The minimum atomic E-state index is -0.700. The van der Waals surface area contributed by atoms with Crippen LogP contribution in [0.3, 0.4) is 0 Å². The van der Waals surface area contributed by atoms with Crippen LogP contribution in [0, 0.1) is 21.4 Å². The molecule has 1 amide bonds. The Hall–Kier alpha value is -4.68. The summed E-state index contributed by atoms with van der Waals surface area (Å²) in [6.07, 6.45) is 1.41. The molecule has 190 valence electrons. The van der Waals surface area contributed by atoms with Gasteiger partial charge in [0.15, 0.2) is 11.5 Å². The van der Waals surface area contributed by atoms with Crippen LogP contribution in [-0.2, 0) is 11.4 Å². The zero-order valence-corrected chi connectivity index (χ0v) is 21.9. The molecule has 0 atom stereocenters. The van der Waals surface area contributed by atoms with E-state index < -0.39 is 10.8 Å². The maximum absolute atomic E-state index is 12.7. The first-order valence-electron chi connectivity index (χ1n) is 11.6. The van der Waals surface area contributed by atoms with Gasteiger partial charge in [0.1, 0.15) is 18.2 Å². The van der Waals surface area contributed by atoms with Crippen LogP contribution in [0.25, 0.3) is 16.8 Å². The molecular formula is C29H22BrN3O5. The summed E-state index contributed by atoms with van der Waals surface area (Å²) in [6.45, 7) is 2.55. The number of ether oxygens (including phenoxy) is 2. The third-order valence-electron chi connectivity index (χ3n) is 5.61. The van der Waals surface area contributed by atoms with Gasteiger partial charge < -0.3 is 14.8 Å². The largest absolute Gasteiger partial charge is 0.490 e. The van der Waals surface area contributed by atoms with Crippen LogP contribution in [0.5, 0.6) is 11.5 Å². The summed E-state index contributed by atoms with van der Waals surface area (Å²) in [7, 11) is 0. The molecule has 4 rings (SSSR count). The Morgan fingerprint density at radius 3 is 2.55 bits per heavy atom. The molecule has 0 unspecified atom stereocenters. The molecular weight excluding hydrogens is 550 g/mol. The number of hydrogen-bond acceptors (Lipinski definition) is 6.